The van der Waals surface area contributed by atoms with Gasteiger partial charge in [0.2, 0.25) is 0 Å². The number of esters is 1. The molecule has 1 aromatic rings. The van der Waals surface area contributed by atoms with Gasteiger partial charge in [-0.05, 0) is 50.0 Å². The number of halogens is 2. The van der Waals surface area contributed by atoms with Crippen molar-refractivity contribution in [3.8, 4) is 0 Å². The SMILES string of the molecule is CCOC(=O)c1nn2c(c1C1=CCC3(CCCOC3)CC1)CC(F)(F)C2. The van der Waals surface area contributed by atoms with Gasteiger partial charge in [0.1, 0.15) is 6.54 Å². The molecule has 142 valence electrons. The summed E-state index contributed by atoms with van der Waals surface area (Å²) in [7, 11) is 0. The highest BCUT2D eigenvalue weighted by Crippen LogP contribution is 2.46. The van der Waals surface area contributed by atoms with Crippen LogP contribution in [0.25, 0.3) is 5.57 Å². The van der Waals surface area contributed by atoms with Crippen LogP contribution in [0.5, 0.6) is 0 Å². The van der Waals surface area contributed by atoms with Gasteiger partial charge in [-0.2, -0.15) is 5.10 Å². The summed E-state index contributed by atoms with van der Waals surface area (Å²) in [6, 6.07) is 0. The lowest BCUT2D eigenvalue weighted by Gasteiger charge is -2.39. The summed E-state index contributed by atoms with van der Waals surface area (Å²) in [5.41, 5.74) is 2.32. The van der Waals surface area contributed by atoms with E-state index >= 15 is 0 Å². The number of carbonyl (C=O) groups excluding carboxylic acids is 1. The normalized spacial score (nSPS) is 27.3. The monoisotopic (exact) mass is 366 g/mol. The highest BCUT2D eigenvalue weighted by atomic mass is 19.3. The second kappa shape index (κ2) is 6.44. The largest absolute Gasteiger partial charge is 0.461 e. The van der Waals surface area contributed by atoms with Crippen molar-refractivity contribution in [2.24, 2.45) is 5.41 Å². The fraction of sp³-hybridized carbons (Fsp3) is 0.684. The second-order valence-electron chi connectivity index (χ2n) is 7.67. The van der Waals surface area contributed by atoms with E-state index in [0.29, 0.717) is 11.3 Å². The first-order chi connectivity index (χ1) is 12.4. The van der Waals surface area contributed by atoms with Crippen molar-refractivity contribution in [3.05, 3.63) is 23.0 Å². The Morgan fingerprint density at radius 2 is 2.27 bits per heavy atom. The van der Waals surface area contributed by atoms with Gasteiger partial charge in [-0.15, -0.1) is 0 Å². The predicted molar refractivity (Wildman–Crippen MR) is 91.1 cm³/mol. The predicted octanol–water partition coefficient (Wildman–Crippen LogP) is 3.62. The van der Waals surface area contributed by atoms with Crippen LogP contribution in [0.2, 0.25) is 0 Å². The third-order valence-electron chi connectivity index (χ3n) is 5.76. The number of allylic oxidation sites excluding steroid dienone is 2. The van der Waals surface area contributed by atoms with Crippen LogP contribution in [-0.4, -0.2) is 41.5 Å². The summed E-state index contributed by atoms with van der Waals surface area (Å²) in [4.78, 5) is 12.3. The molecule has 1 unspecified atom stereocenters. The molecule has 5 nitrogen and oxygen atoms in total. The molecule has 1 atom stereocenters. The summed E-state index contributed by atoms with van der Waals surface area (Å²) in [6.45, 7) is 3.06. The topological polar surface area (TPSA) is 53.3 Å². The molecule has 1 saturated heterocycles. The van der Waals surface area contributed by atoms with Gasteiger partial charge in [0.25, 0.3) is 5.92 Å². The number of hydrogen-bond donors (Lipinski definition) is 0. The second-order valence-corrected chi connectivity index (χ2v) is 7.67. The summed E-state index contributed by atoms with van der Waals surface area (Å²) < 4.78 is 39.8. The standard InChI is InChI=1S/C19H24F2N2O3/c1-2-26-17(24)16-15(14-10-19(20,21)11-23(14)22-16)13-4-7-18(8-5-13)6-3-9-25-12-18/h4H,2-3,5-12H2,1H3. The maximum Gasteiger partial charge on any atom is 0.359 e. The van der Waals surface area contributed by atoms with Crippen LogP contribution in [0.4, 0.5) is 8.78 Å². The number of nitrogens with zero attached hydrogens (tertiary/aromatic N) is 2. The number of carbonyl (C=O) groups is 1. The summed E-state index contributed by atoms with van der Waals surface area (Å²) in [6.07, 6.45) is 6.47. The van der Waals surface area contributed by atoms with Gasteiger partial charge < -0.3 is 9.47 Å². The van der Waals surface area contributed by atoms with E-state index in [2.05, 4.69) is 11.2 Å². The van der Waals surface area contributed by atoms with E-state index in [4.69, 9.17) is 9.47 Å². The zero-order valence-electron chi connectivity index (χ0n) is 15.0. The highest BCUT2D eigenvalue weighted by Gasteiger charge is 2.43. The number of hydrogen-bond acceptors (Lipinski definition) is 4. The molecule has 0 saturated carbocycles. The van der Waals surface area contributed by atoms with Crippen molar-refractivity contribution in [2.45, 2.75) is 57.9 Å². The quantitative estimate of drug-likeness (QED) is 0.767. The zero-order chi connectivity index (χ0) is 18.4. The maximum atomic E-state index is 13.9. The molecule has 3 aliphatic rings. The lowest BCUT2D eigenvalue weighted by atomic mass is 9.70. The minimum atomic E-state index is -2.81. The summed E-state index contributed by atoms with van der Waals surface area (Å²) in [5.74, 6) is -3.34. The van der Waals surface area contributed by atoms with E-state index in [1.54, 1.807) is 6.92 Å². The third-order valence-corrected chi connectivity index (χ3v) is 5.76. The zero-order valence-corrected chi connectivity index (χ0v) is 15.0. The minimum Gasteiger partial charge on any atom is -0.461 e. The van der Waals surface area contributed by atoms with Gasteiger partial charge in [0.05, 0.1) is 25.3 Å². The minimum absolute atomic E-state index is 0.159. The first-order valence-corrected chi connectivity index (χ1v) is 9.35. The van der Waals surface area contributed by atoms with Crippen LogP contribution >= 0.6 is 0 Å². The van der Waals surface area contributed by atoms with Crippen molar-refractivity contribution >= 4 is 11.5 Å². The smallest absolute Gasteiger partial charge is 0.359 e. The van der Waals surface area contributed by atoms with Crippen LogP contribution < -0.4 is 0 Å². The van der Waals surface area contributed by atoms with E-state index < -0.39 is 18.4 Å². The fourth-order valence-corrected chi connectivity index (χ4v) is 4.45. The van der Waals surface area contributed by atoms with Gasteiger partial charge in [0, 0.05) is 12.2 Å². The number of fused-ring (bicyclic) bond motifs is 1. The number of alkyl halides is 2. The Morgan fingerprint density at radius 3 is 2.92 bits per heavy atom. The average molecular weight is 366 g/mol. The first-order valence-electron chi connectivity index (χ1n) is 9.35. The Labute approximate surface area is 151 Å². The van der Waals surface area contributed by atoms with Crippen molar-refractivity contribution in [3.63, 3.8) is 0 Å². The lowest BCUT2D eigenvalue weighted by molar-refractivity contribution is -0.0119. The van der Waals surface area contributed by atoms with Gasteiger partial charge in [-0.25, -0.2) is 13.6 Å². The molecule has 0 aromatic carbocycles. The molecule has 0 radical (unpaired) electrons. The first kappa shape index (κ1) is 17.6. The van der Waals surface area contributed by atoms with Crippen LogP contribution in [0.3, 0.4) is 0 Å². The molecule has 7 heteroatoms. The summed E-state index contributed by atoms with van der Waals surface area (Å²) in [5, 5.41) is 4.18. The van der Waals surface area contributed by atoms with Gasteiger partial charge >= 0.3 is 5.97 Å². The van der Waals surface area contributed by atoms with E-state index in [1.165, 1.54) is 4.68 Å². The Kier molecular flexibility index (Phi) is 4.37. The van der Waals surface area contributed by atoms with E-state index in [9.17, 15) is 13.6 Å². The molecule has 0 amide bonds. The van der Waals surface area contributed by atoms with Crippen LogP contribution in [-0.2, 0) is 22.4 Å². The number of rotatable bonds is 3. The molecule has 26 heavy (non-hydrogen) atoms. The fourth-order valence-electron chi connectivity index (χ4n) is 4.45. The van der Waals surface area contributed by atoms with Crippen LogP contribution in [0, 0.1) is 5.41 Å². The van der Waals surface area contributed by atoms with Crippen molar-refractivity contribution in [2.75, 3.05) is 19.8 Å². The van der Waals surface area contributed by atoms with E-state index in [-0.39, 0.29) is 24.1 Å². The average Bonchev–Trinajstić information content (AvgIpc) is 3.09. The van der Waals surface area contributed by atoms with Crippen LogP contribution in [0.15, 0.2) is 6.08 Å². The van der Waals surface area contributed by atoms with Crippen molar-refractivity contribution in [1.82, 2.24) is 9.78 Å². The molecule has 1 fully saturated rings. The van der Waals surface area contributed by atoms with Gasteiger partial charge in [0.15, 0.2) is 5.69 Å². The Bertz CT molecular complexity index is 748. The Morgan fingerprint density at radius 1 is 1.42 bits per heavy atom. The highest BCUT2D eigenvalue weighted by molar-refractivity contribution is 5.94. The van der Waals surface area contributed by atoms with Gasteiger partial charge in [-0.1, -0.05) is 6.08 Å². The molecule has 4 rings (SSSR count). The third kappa shape index (κ3) is 3.06. The molecule has 1 aromatic heterocycles. The van der Waals surface area contributed by atoms with Crippen molar-refractivity contribution < 1.29 is 23.0 Å². The lowest BCUT2D eigenvalue weighted by Crippen LogP contribution is -2.33. The molecule has 3 heterocycles. The van der Waals surface area contributed by atoms with E-state index in [1.807, 2.05) is 0 Å². The maximum absolute atomic E-state index is 13.9. The number of aromatic nitrogens is 2. The van der Waals surface area contributed by atoms with Crippen LogP contribution in [0.1, 0.15) is 60.8 Å². The van der Waals surface area contributed by atoms with Gasteiger partial charge in [-0.3, -0.25) is 4.68 Å². The molecular formula is C19H24F2N2O3. The van der Waals surface area contributed by atoms with Crippen molar-refractivity contribution in [1.29, 1.82) is 0 Å². The molecule has 0 N–H and O–H groups in total. The molecule has 2 aliphatic heterocycles. The Balaban J connectivity index is 1.68. The number of ether oxygens (including phenoxy) is 2. The summed E-state index contributed by atoms with van der Waals surface area (Å²) >= 11 is 0. The molecular weight excluding hydrogens is 342 g/mol. The molecule has 1 aliphatic carbocycles. The van der Waals surface area contributed by atoms with E-state index in [0.717, 1.165) is 50.9 Å². The molecule has 0 bridgehead atoms. The molecule has 1 spiro atoms. The Hall–Kier alpha value is -1.76.